The Morgan fingerprint density at radius 3 is 2.96 bits per heavy atom. The summed E-state index contributed by atoms with van der Waals surface area (Å²) in [6, 6.07) is 7.18. The minimum atomic E-state index is -0.0405. The Hall–Kier alpha value is -2.01. The Morgan fingerprint density at radius 1 is 1.43 bits per heavy atom. The van der Waals surface area contributed by atoms with Gasteiger partial charge in [0.15, 0.2) is 0 Å². The topological polar surface area (TPSA) is 58.2 Å². The first kappa shape index (κ1) is 15.9. The zero-order valence-corrected chi connectivity index (χ0v) is 14.1. The van der Waals surface area contributed by atoms with Crippen molar-refractivity contribution < 1.29 is 9.53 Å². The number of aryl methyl sites for hydroxylation is 1. The molecule has 0 radical (unpaired) electrons. The highest BCUT2D eigenvalue weighted by molar-refractivity contribution is 6.31. The van der Waals surface area contributed by atoms with E-state index in [1.54, 1.807) is 25.3 Å². The summed E-state index contributed by atoms with van der Waals surface area (Å²) in [5.74, 6) is 0.779. The number of nitrogens with one attached hydrogen (secondary N) is 1. The van der Waals surface area contributed by atoms with Gasteiger partial charge in [-0.15, -0.1) is 0 Å². The molecule has 1 amide bonds. The first-order valence-corrected chi connectivity index (χ1v) is 8.11. The van der Waals surface area contributed by atoms with Gasteiger partial charge in [-0.3, -0.25) is 9.89 Å². The molecule has 0 spiro atoms. The number of carbonyl (C=O) groups excluding carboxylic acids is 1. The van der Waals surface area contributed by atoms with Gasteiger partial charge in [0, 0.05) is 29.7 Å². The molecule has 5 nitrogen and oxygen atoms in total. The van der Waals surface area contributed by atoms with E-state index in [-0.39, 0.29) is 11.8 Å². The molecule has 2 heterocycles. The molecule has 1 atom stereocenters. The number of hydrogen-bond donors (Lipinski definition) is 1. The van der Waals surface area contributed by atoms with E-state index in [1.165, 1.54) is 0 Å². The van der Waals surface area contributed by atoms with Crippen molar-refractivity contribution in [3.63, 3.8) is 0 Å². The third kappa shape index (κ3) is 3.34. The number of aromatic amines is 1. The molecule has 23 heavy (non-hydrogen) atoms. The van der Waals surface area contributed by atoms with E-state index in [4.69, 9.17) is 16.3 Å². The van der Waals surface area contributed by atoms with E-state index in [0.29, 0.717) is 22.9 Å². The molecule has 6 heteroatoms. The summed E-state index contributed by atoms with van der Waals surface area (Å²) in [6.45, 7) is 3.40. The van der Waals surface area contributed by atoms with Crippen molar-refractivity contribution in [2.75, 3.05) is 20.2 Å². The predicted octanol–water partition coefficient (Wildman–Crippen LogP) is 3.40. The fraction of sp³-hybridized carbons (Fsp3) is 0.412. The van der Waals surface area contributed by atoms with Crippen molar-refractivity contribution in [2.45, 2.75) is 25.7 Å². The quantitative estimate of drug-likeness (QED) is 0.936. The number of nitrogens with zero attached hydrogens (tertiary/aromatic N) is 2. The summed E-state index contributed by atoms with van der Waals surface area (Å²) >= 11 is 6.04. The van der Waals surface area contributed by atoms with Gasteiger partial charge in [0.2, 0.25) is 0 Å². The second-order valence-electron chi connectivity index (χ2n) is 5.91. The van der Waals surface area contributed by atoms with E-state index < -0.39 is 0 Å². The van der Waals surface area contributed by atoms with Gasteiger partial charge in [-0.1, -0.05) is 11.6 Å². The number of aromatic nitrogens is 2. The van der Waals surface area contributed by atoms with Gasteiger partial charge in [0.1, 0.15) is 5.75 Å². The third-order valence-electron chi connectivity index (χ3n) is 4.24. The van der Waals surface area contributed by atoms with Crippen LogP contribution in [0.25, 0.3) is 0 Å². The van der Waals surface area contributed by atoms with Crippen LogP contribution in [0.1, 0.15) is 40.5 Å². The van der Waals surface area contributed by atoms with Gasteiger partial charge in [-0.25, -0.2) is 0 Å². The molecule has 1 aromatic heterocycles. The van der Waals surface area contributed by atoms with Gasteiger partial charge in [0.05, 0.1) is 18.4 Å². The average molecular weight is 334 g/mol. The van der Waals surface area contributed by atoms with Crippen molar-refractivity contribution in [3.8, 4) is 5.75 Å². The summed E-state index contributed by atoms with van der Waals surface area (Å²) in [7, 11) is 1.56. The summed E-state index contributed by atoms with van der Waals surface area (Å²) in [5.41, 5.74) is 2.58. The summed E-state index contributed by atoms with van der Waals surface area (Å²) in [4.78, 5) is 14.7. The maximum atomic E-state index is 12.9. The fourth-order valence-electron chi connectivity index (χ4n) is 3.07. The van der Waals surface area contributed by atoms with Crippen LogP contribution in [-0.4, -0.2) is 41.2 Å². The number of carbonyl (C=O) groups is 1. The monoisotopic (exact) mass is 333 g/mol. The van der Waals surface area contributed by atoms with Gasteiger partial charge in [-0.05, 0) is 44.0 Å². The number of amides is 1. The lowest BCUT2D eigenvalue weighted by molar-refractivity contribution is 0.0702. The van der Waals surface area contributed by atoms with Crippen molar-refractivity contribution in [1.82, 2.24) is 15.1 Å². The van der Waals surface area contributed by atoms with Crippen LogP contribution >= 0.6 is 11.6 Å². The molecule has 122 valence electrons. The second-order valence-corrected chi connectivity index (χ2v) is 6.35. The van der Waals surface area contributed by atoms with Crippen LogP contribution in [0.2, 0.25) is 5.02 Å². The Labute approximate surface area is 140 Å². The SMILES string of the molecule is COc1ccc(Cl)cc1C(=O)N1CCC[C@H](c2cc(C)[nH]n2)C1. The Kier molecular flexibility index (Phi) is 4.57. The standard InChI is InChI=1S/C17H20ClN3O2/c1-11-8-15(20-19-11)12-4-3-7-21(10-12)17(22)14-9-13(18)5-6-16(14)23-2/h5-6,8-9,12H,3-4,7,10H2,1-2H3,(H,19,20)/t12-/m0/s1. The average Bonchev–Trinajstić information content (AvgIpc) is 3.01. The lowest BCUT2D eigenvalue weighted by Gasteiger charge is -2.32. The van der Waals surface area contributed by atoms with Crippen LogP contribution in [0, 0.1) is 6.92 Å². The van der Waals surface area contributed by atoms with Gasteiger partial charge < -0.3 is 9.64 Å². The predicted molar refractivity (Wildman–Crippen MR) is 89.2 cm³/mol. The summed E-state index contributed by atoms with van der Waals surface area (Å²) < 4.78 is 5.30. The smallest absolute Gasteiger partial charge is 0.257 e. The van der Waals surface area contributed by atoms with Gasteiger partial charge in [0.25, 0.3) is 5.91 Å². The molecule has 1 aromatic carbocycles. The number of likely N-dealkylation sites (tertiary alicyclic amines) is 1. The zero-order chi connectivity index (χ0) is 16.4. The molecule has 0 unspecified atom stereocenters. The minimum absolute atomic E-state index is 0.0405. The number of H-pyrrole nitrogens is 1. The van der Waals surface area contributed by atoms with Gasteiger partial charge >= 0.3 is 0 Å². The number of benzene rings is 1. The van der Waals surface area contributed by atoms with Crippen molar-refractivity contribution in [3.05, 3.63) is 46.2 Å². The highest BCUT2D eigenvalue weighted by Crippen LogP contribution is 2.29. The maximum absolute atomic E-state index is 12.9. The normalized spacial score (nSPS) is 18.0. The highest BCUT2D eigenvalue weighted by Gasteiger charge is 2.28. The maximum Gasteiger partial charge on any atom is 0.257 e. The van der Waals surface area contributed by atoms with E-state index in [0.717, 1.165) is 30.8 Å². The Bertz CT molecular complexity index is 714. The molecular weight excluding hydrogens is 314 g/mol. The molecule has 0 aliphatic carbocycles. The van der Waals surface area contributed by atoms with E-state index in [9.17, 15) is 4.79 Å². The molecule has 1 aliphatic heterocycles. The van der Waals surface area contributed by atoms with E-state index >= 15 is 0 Å². The minimum Gasteiger partial charge on any atom is -0.496 e. The third-order valence-corrected chi connectivity index (χ3v) is 4.48. The lowest BCUT2D eigenvalue weighted by atomic mass is 9.94. The molecule has 1 aliphatic rings. The lowest BCUT2D eigenvalue weighted by Crippen LogP contribution is -2.39. The molecule has 0 saturated carbocycles. The number of piperidine rings is 1. The van der Waals surface area contributed by atoms with Crippen LogP contribution in [0.15, 0.2) is 24.3 Å². The molecule has 1 fully saturated rings. The molecule has 3 rings (SSSR count). The second kappa shape index (κ2) is 6.62. The number of methoxy groups -OCH3 is 1. The molecule has 2 aromatic rings. The van der Waals surface area contributed by atoms with Crippen molar-refractivity contribution in [2.24, 2.45) is 0 Å². The van der Waals surface area contributed by atoms with Crippen LogP contribution in [-0.2, 0) is 0 Å². The Balaban J connectivity index is 1.81. The molecule has 0 bridgehead atoms. The van der Waals surface area contributed by atoms with Gasteiger partial charge in [-0.2, -0.15) is 5.10 Å². The summed E-state index contributed by atoms with van der Waals surface area (Å²) in [6.07, 6.45) is 2.01. The summed E-state index contributed by atoms with van der Waals surface area (Å²) in [5, 5.41) is 7.85. The number of hydrogen-bond acceptors (Lipinski definition) is 3. The van der Waals surface area contributed by atoms with Crippen molar-refractivity contribution >= 4 is 17.5 Å². The van der Waals surface area contributed by atoms with Crippen LogP contribution < -0.4 is 4.74 Å². The van der Waals surface area contributed by atoms with Crippen LogP contribution in [0.4, 0.5) is 0 Å². The zero-order valence-electron chi connectivity index (χ0n) is 13.3. The largest absolute Gasteiger partial charge is 0.496 e. The molecule has 1 N–H and O–H groups in total. The first-order valence-electron chi connectivity index (χ1n) is 7.73. The highest BCUT2D eigenvalue weighted by atomic mass is 35.5. The number of halogens is 1. The first-order chi connectivity index (χ1) is 11.1. The Morgan fingerprint density at radius 2 is 2.26 bits per heavy atom. The molecule has 1 saturated heterocycles. The van der Waals surface area contributed by atoms with Crippen molar-refractivity contribution in [1.29, 1.82) is 0 Å². The van der Waals surface area contributed by atoms with E-state index in [2.05, 4.69) is 16.3 Å². The van der Waals surface area contributed by atoms with E-state index in [1.807, 2.05) is 11.8 Å². The van der Waals surface area contributed by atoms with Crippen LogP contribution in [0.3, 0.4) is 0 Å². The number of ether oxygens (including phenoxy) is 1. The van der Waals surface area contributed by atoms with Crippen LogP contribution in [0.5, 0.6) is 5.75 Å². The number of rotatable bonds is 3. The molecular formula is C17H20ClN3O2. The fourth-order valence-corrected chi connectivity index (χ4v) is 3.24.